The minimum atomic E-state index is -1.39. The van der Waals surface area contributed by atoms with Gasteiger partial charge in [0.1, 0.15) is 5.82 Å². The van der Waals surface area contributed by atoms with Crippen LogP contribution in [0.15, 0.2) is 18.2 Å². The van der Waals surface area contributed by atoms with Crippen molar-refractivity contribution in [2.24, 2.45) is 0 Å². The van der Waals surface area contributed by atoms with E-state index < -0.39 is 6.19 Å². The number of anilines is 1. The third-order valence-corrected chi connectivity index (χ3v) is 2.31. The number of aromatic nitrogens is 1. The van der Waals surface area contributed by atoms with E-state index in [2.05, 4.69) is 10.1 Å². The lowest BCUT2D eigenvalue weighted by Crippen LogP contribution is -1.96. The molecule has 4 heteroatoms. The molecule has 1 aromatic heterocycles. The van der Waals surface area contributed by atoms with E-state index >= 15 is 0 Å². The molecule has 0 radical (unpaired) electrons. The predicted octanol–water partition coefficient (Wildman–Crippen LogP) is 2.46. The molecule has 0 fully saturated rings. The number of nitrogens with one attached hydrogen (secondary N) is 1. The first-order chi connectivity index (χ1) is 5.47. The van der Waals surface area contributed by atoms with Crippen molar-refractivity contribution in [3.8, 4) is 0 Å². The van der Waals surface area contributed by atoms with Gasteiger partial charge in [-0.15, -0.1) is 0 Å². The van der Waals surface area contributed by atoms with Crippen molar-refractivity contribution in [3.05, 3.63) is 23.9 Å². The van der Waals surface area contributed by atoms with Gasteiger partial charge in [-0.1, -0.05) is 17.9 Å². The first-order valence-electron chi connectivity index (χ1n) is 3.74. The van der Waals surface area contributed by atoms with Gasteiger partial charge in [0, 0.05) is 11.9 Å². The number of rotatable bonds is 2. The van der Waals surface area contributed by atoms with Crippen LogP contribution in [0.2, 0.25) is 0 Å². The topological polar surface area (TPSA) is 24.9 Å². The average molecular weight is 200 g/mol. The van der Waals surface area contributed by atoms with Crippen molar-refractivity contribution in [2.75, 3.05) is 18.4 Å². The van der Waals surface area contributed by atoms with Crippen molar-refractivity contribution < 1.29 is 0 Å². The summed E-state index contributed by atoms with van der Waals surface area (Å²) in [6, 6.07) is 5.90. The molecule has 0 aromatic carbocycles. The molecule has 2 nitrogen and oxygen atoms in total. The highest BCUT2D eigenvalue weighted by molar-refractivity contribution is 8.14. The molecule has 0 saturated heterocycles. The molecule has 0 aliphatic carbocycles. The first kappa shape index (κ1) is 9.69. The molecule has 0 aliphatic rings. The molecule has 1 rings (SSSR count). The summed E-state index contributed by atoms with van der Waals surface area (Å²) in [6.07, 6.45) is -1.39. The summed E-state index contributed by atoms with van der Waals surface area (Å²) in [7, 11) is 0. The maximum absolute atomic E-state index is 5.27. The largest absolute Gasteiger partial charge is 0.342 e. The molecule has 12 heavy (non-hydrogen) atoms. The van der Waals surface area contributed by atoms with Gasteiger partial charge in [0.25, 0.3) is 0 Å². The summed E-state index contributed by atoms with van der Waals surface area (Å²) < 4.78 is 0. The van der Waals surface area contributed by atoms with Gasteiger partial charge < -0.3 is 5.09 Å². The van der Waals surface area contributed by atoms with Gasteiger partial charge in [-0.3, -0.25) is 0 Å². The maximum atomic E-state index is 5.27. The van der Waals surface area contributed by atoms with Gasteiger partial charge in [0.2, 0.25) is 0 Å². The highest BCUT2D eigenvalue weighted by atomic mass is 32.4. The average Bonchev–Trinajstić information content (AvgIpc) is 1.82. The Morgan fingerprint density at radius 1 is 1.42 bits per heavy atom. The zero-order valence-electron chi connectivity index (χ0n) is 7.53. The van der Waals surface area contributed by atoms with Crippen molar-refractivity contribution in [1.29, 1.82) is 0 Å². The van der Waals surface area contributed by atoms with E-state index in [0.717, 1.165) is 11.5 Å². The quantitative estimate of drug-likeness (QED) is 0.742. The molecule has 0 aliphatic heterocycles. The second kappa shape index (κ2) is 3.55. The van der Waals surface area contributed by atoms with E-state index in [1.807, 2.05) is 38.5 Å². The molecule has 1 aromatic rings. The van der Waals surface area contributed by atoms with Gasteiger partial charge >= 0.3 is 0 Å². The molecule has 1 N–H and O–H groups in total. The second-order valence-electron chi connectivity index (χ2n) is 3.13. The predicted molar refractivity (Wildman–Crippen MR) is 58.7 cm³/mol. The van der Waals surface area contributed by atoms with Crippen molar-refractivity contribution in [3.63, 3.8) is 0 Å². The van der Waals surface area contributed by atoms with Crippen molar-refractivity contribution in [2.45, 2.75) is 6.92 Å². The smallest absolute Gasteiger partial charge is 0.129 e. The van der Waals surface area contributed by atoms with Gasteiger partial charge in [-0.2, -0.15) is 0 Å². The molecule has 0 unspecified atom stereocenters. The Balaban J connectivity index is 2.84. The van der Waals surface area contributed by atoms with Crippen LogP contribution in [0.1, 0.15) is 5.69 Å². The lowest BCUT2D eigenvalue weighted by Gasteiger charge is -2.13. The Morgan fingerprint density at radius 3 is 2.58 bits per heavy atom. The Morgan fingerprint density at radius 2 is 2.08 bits per heavy atom. The lowest BCUT2D eigenvalue weighted by molar-refractivity contribution is 1.21. The summed E-state index contributed by atoms with van der Waals surface area (Å²) >= 11 is 5.27. The van der Waals surface area contributed by atoms with E-state index in [1.165, 1.54) is 0 Å². The van der Waals surface area contributed by atoms with Gasteiger partial charge in [0.05, 0.1) is 0 Å². The molecular weight excluding hydrogens is 187 g/mol. The zero-order valence-corrected chi connectivity index (χ0v) is 9.25. The van der Waals surface area contributed by atoms with Crippen LogP contribution in [0, 0.1) is 6.92 Å². The van der Waals surface area contributed by atoms with E-state index in [4.69, 9.17) is 11.8 Å². The zero-order chi connectivity index (χ0) is 9.19. The first-order valence-corrected chi connectivity index (χ1v) is 7.44. The molecule has 0 spiro atoms. The minimum Gasteiger partial charge on any atom is -0.342 e. The highest BCUT2D eigenvalue weighted by Crippen LogP contribution is 2.35. The molecule has 66 valence electrons. The van der Waals surface area contributed by atoms with Crippen LogP contribution in [-0.4, -0.2) is 18.3 Å². The van der Waals surface area contributed by atoms with Crippen LogP contribution >= 0.6 is 6.19 Å². The number of nitrogens with zero attached hydrogens (tertiary/aromatic N) is 1. The Hall–Kier alpha value is -0.400. The summed E-state index contributed by atoms with van der Waals surface area (Å²) in [6.45, 7) is 6.07. The summed E-state index contributed by atoms with van der Waals surface area (Å²) in [5.74, 6) is 0.892. The summed E-state index contributed by atoms with van der Waals surface area (Å²) in [5.41, 5.74) is 1.02. The van der Waals surface area contributed by atoms with E-state index in [0.29, 0.717) is 0 Å². The molecule has 1 heterocycles. The van der Waals surface area contributed by atoms with Crippen LogP contribution in [0.5, 0.6) is 0 Å². The second-order valence-corrected chi connectivity index (χ2v) is 8.79. The molecular formula is C8H13N2PS. The van der Waals surface area contributed by atoms with Gasteiger partial charge in [0.15, 0.2) is 0 Å². The fraction of sp³-hybridized carbons (Fsp3) is 0.375. The highest BCUT2D eigenvalue weighted by Gasteiger charge is 2.01. The number of pyridine rings is 1. The van der Waals surface area contributed by atoms with Crippen LogP contribution in [0.4, 0.5) is 5.82 Å². The van der Waals surface area contributed by atoms with Crippen LogP contribution in [0.25, 0.3) is 0 Å². The van der Waals surface area contributed by atoms with Gasteiger partial charge in [-0.05, 0) is 32.4 Å². The van der Waals surface area contributed by atoms with E-state index in [9.17, 15) is 0 Å². The normalized spacial score (nSPS) is 11.2. The monoisotopic (exact) mass is 200 g/mol. The van der Waals surface area contributed by atoms with Crippen LogP contribution in [-0.2, 0) is 11.8 Å². The van der Waals surface area contributed by atoms with Crippen LogP contribution in [0.3, 0.4) is 0 Å². The Kier molecular flexibility index (Phi) is 2.86. The minimum absolute atomic E-state index is 0.892. The number of hydrogen-bond acceptors (Lipinski definition) is 2. The van der Waals surface area contributed by atoms with Crippen molar-refractivity contribution >= 4 is 23.8 Å². The fourth-order valence-electron chi connectivity index (χ4n) is 0.881. The Labute approximate surface area is 78.5 Å². The molecule has 0 bridgehead atoms. The van der Waals surface area contributed by atoms with Crippen LogP contribution < -0.4 is 5.09 Å². The number of aryl methyl sites for hydroxylation is 1. The SMILES string of the molecule is Cc1cccc(NP(C)(C)=S)n1. The van der Waals surface area contributed by atoms with E-state index in [1.54, 1.807) is 0 Å². The third-order valence-electron chi connectivity index (χ3n) is 1.27. The van der Waals surface area contributed by atoms with E-state index in [-0.39, 0.29) is 0 Å². The molecule has 0 amide bonds. The fourth-order valence-corrected chi connectivity index (χ4v) is 1.84. The lowest BCUT2D eigenvalue weighted by atomic mass is 10.4. The summed E-state index contributed by atoms with van der Waals surface area (Å²) in [4.78, 5) is 4.31. The standard InChI is InChI=1S/C8H13N2PS/c1-7-5-4-6-8(9-7)10-11(2,3)12/h4-6H,1-3H3,(H,9,10,12). The summed E-state index contributed by atoms with van der Waals surface area (Å²) in [5, 5.41) is 3.24. The molecule has 0 atom stereocenters. The third kappa shape index (κ3) is 3.33. The number of hydrogen-bond donors (Lipinski definition) is 1. The van der Waals surface area contributed by atoms with Gasteiger partial charge in [-0.25, -0.2) is 4.98 Å². The maximum Gasteiger partial charge on any atom is 0.129 e. The Bertz CT molecular complexity index is 319. The molecule has 0 saturated carbocycles. The van der Waals surface area contributed by atoms with Crippen molar-refractivity contribution in [1.82, 2.24) is 4.98 Å².